The van der Waals surface area contributed by atoms with Crippen LogP contribution in [0.15, 0.2) is 18.2 Å². The average molecular weight is 477 g/mol. The number of piperidine rings is 1. The Balaban J connectivity index is 1.00. The molecule has 7 nitrogen and oxygen atoms in total. The minimum absolute atomic E-state index is 0.0214. The van der Waals surface area contributed by atoms with Gasteiger partial charge in [-0.15, -0.1) is 0 Å². The van der Waals surface area contributed by atoms with E-state index in [1.807, 2.05) is 17.0 Å². The number of aryl methyl sites for hydroxylation is 1. The van der Waals surface area contributed by atoms with Gasteiger partial charge >= 0.3 is 0 Å². The molecule has 1 saturated carbocycles. The van der Waals surface area contributed by atoms with Crippen molar-refractivity contribution in [3.8, 4) is 5.75 Å². The molecular weight excluding hydrogens is 440 g/mol. The van der Waals surface area contributed by atoms with Crippen LogP contribution in [0.1, 0.15) is 84.2 Å². The number of H-pyrrole nitrogens is 1. The Bertz CT molecular complexity index is 1120. The summed E-state index contributed by atoms with van der Waals surface area (Å²) in [4.78, 5) is 28.2. The maximum atomic E-state index is 13.1. The van der Waals surface area contributed by atoms with E-state index in [-0.39, 0.29) is 29.2 Å². The van der Waals surface area contributed by atoms with Crippen molar-refractivity contribution in [2.45, 2.75) is 76.7 Å². The number of hydrogen-bond acceptors (Lipinski definition) is 4. The Morgan fingerprint density at radius 3 is 2.71 bits per heavy atom. The van der Waals surface area contributed by atoms with E-state index in [2.05, 4.69) is 28.5 Å². The van der Waals surface area contributed by atoms with Gasteiger partial charge in [0.05, 0.1) is 7.11 Å². The van der Waals surface area contributed by atoms with Gasteiger partial charge in [0.2, 0.25) is 5.91 Å². The summed E-state index contributed by atoms with van der Waals surface area (Å²) in [5.74, 6) is 1.67. The van der Waals surface area contributed by atoms with Crippen LogP contribution < -0.4 is 10.1 Å². The van der Waals surface area contributed by atoms with Gasteiger partial charge in [-0.25, -0.2) is 0 Å². The number of hydrogen-bond donors (Lipinski definition) is 2. The van der Waals surface area contributed by atoms with Crippen LogP contribution in [0.4, 0.5) is 0 Å². The summed E-state index contributed by atoms with van der Waals surface area (Å²) in [5, 5.41) is 10.8. The fourth-order valence-electron chi connectivity index (χ4n) is 7.04. The Labute approximate surface area is 207 Å². The highest BCUT2D eigenvalue weighted by Gasteiger charge is 2.47. The van der Waals surface area contributed by atoms with Crippen LogP contribution in [-0.2, 0) is 24.1 Å². The van der Waals surface area contributed by atoms with Crippen molar-refractivity contribution >= 4 is 11.8 Å². The highest BCUT2D eigenvalue weighted by Crippen LogP contribution is 2.49. The van der Waals surface area contributed by atoms with Gasteiger partial charge < -0.3 is 15.0 Å². The lowest BCUT2D eigenvalue weighted by Crippen LogP contribution is -2.56. The maximum Gasteiger partial charge on any atom is 0.274 e. The number of carbonyl (C=O) groups excluding carboxylic acids is 2. The third kappa shape index (κ3) is 3.93. The number of amides is 2. The van der Waals surface area contributed by atoms with Crippen LogP contribution in [-0.4, -0.2) is 53.2 Å². The smallest absolute Gasteiger partial charge is 0.274 e. The number of carbonyl (C=O) groups is 2. The summed E-state index contributed by atoms with van der Waals surface area (Å²) in [6.45, 7) is 3.77. The highest BCUT2D eigenvalue weighted by molar-refractivity contribution is 5.94. The second-order valence-corrected chi connectivity index (χ2v) is 11.3. The average Bonchev–Trinajstić information content (AvgIpc) is 3.45. The van der Waals surface area contributed by atoms with Crippen LogP contribution in [0.5, 0.6) is 5.75 Å². The topological polar surface area (TPSA) is 87.3 Å². The van der Waals surface area contributed by atoms with E-state index in [9.17, 15) is 9.59 Å². The summed E-state index contributed by atoms with van der Waals surface area (Å²) in [6.07, 6.45) is 8.73. The van der Waals surface area contributed by atoms with Gasteiger partial charge in [0, 0.05) is 36.3 Å². The van der Waals surface area contributed by atoms with Crippen molar-refractivity contribution in [3.05, 3.63) is 46.3 Å². The molecule has 0 bridgehead atoms. The predicted octanol–water partition coefficient (Wildman–Crippen LogP) is 3.77. The zero-order valence-corrected chi connectivity index (χ0v) is 20.9. The molecule has 186 valence electrons. The number of nitrogens with one attached hydrogen (secondary N) is 2. The first kappa shape index (κ1) is 22.6. The lowest BCUT2D eigenvalue weighted by atomic mass is 9.60. The quantitative estimate of drug-likeness (QED) is 0.703. The molecule has 3 aliphatic carbocycles. The zero-order chi connectivity index (χ0) is 24.2. The molecule has 2 aromatic rings. The van der Waals surface area contributed by atoms with E-state index in [0.717, 1.165) is 87.9 Å². The van der Waals surface area contributed by atoms with Gasteiger partial charge in [-0.2, -0.15) is 5.10 Å². The lowest BCUT2D eigenvalue weighted by molar-refractivity contribution is -0.128. The molecule has 2 heterocycles. The van der Waals surface area contributed by atoms with Crippen LogP contribution in [0.3, 0.4) is 0 Å². The molecule has 2 N–H and O–H groups in total. The zero-order valence-electron chi connectivity index (χ0n) is 20.9. The summed E-state index contributed by atoms with van der Waals surface area (Å²) in [6, 6.07) is 6.44. The van der Waals surface area contributed by atoms with Crippen molar-refractivity contribution in [2.24, 2.45) is 11.3 Å². The molecule has 1 aliphatic heterocycles. The Hall–Kier alpha value is -2.83. The number of nitrogens with zero attached hydrogens (tertiary/aromatic N) is 2. The van der Waals surface area contributed by atoms with Crippen molar-refractivity contribution < 1.29 is 14.3 Å². The van der Waals surface area contributed by atoms with Gasteiger partial charge in [0.25, 0.3) is 5.91 Å². The second-order valence-electron chi connectivity index (χ2n) is 11.3. The van der Waals surface area contributed by atoms with E-state index in [0.29, 0.717) is 11.6 Å². The van der Waals surface area contributed by atoms with Crippen molar-refractivity contribution in [1.82, 2.24) is 20.4 Å². The molecular formula is C28H36N4O3. The summed E-state index contributed by atoms with van der Waals surface area (Å²) >= 11 is 0. The SMILES string of the molecule is COc1cccc2c1CC(C(=O)NC1CC3(CCN(C(=O)c4n[nH]c5c4CCC5C)CC3)C1)CC2. The molecule has 0 radical (unpaired) electrons. The highest BCUT2D eigenvalue weighted by atomic mass is 16.5. The molecule has 35 heavy (non-hydrogen) atoms. The van der Waals surface area contributed by atoms with Crippen molar-refractivity contribution in [1.29, 1.82) is 0 Å². The van der Waals surface area contributed by atoms with E-state index in [1.54, 1.807) is 7.11 Å². The standard InChI is InChI=1S/C28H36N4O3/c1-17-6-9-21-24(17)30-31-25(21)27(34)32-12-10-28(11-13-32)15-20(16-28)29-26(33)19-8-7-18-4-3-5-23(35-2)22(18)14-19/h3-5,17,19-20H,6-16H2,1-2H3,(H,29,33)(H,30,31). The minimum Gasteiger partial charge on any atom is -0.496 e. The van der Waals surface area contributed by atoms with Crippen molar-refractivity contribution in [3.63, 3.8) is 0 Å². The molecule has 1 aromatic heterocycles. The monoisotopic (exact) mass is 476 g/mol. The minimum atomic E-state index is 0.0214. The van der Waals surface area contributed by atoms with Crippen molar-refractivity contribution in [2.75, 3.05) is 20.2 Å². The molecule has 6 rings (SSSR count). The van der Waals surface area contributed by atoms with Gasteiger partial charge in [-0.1, -0.05) is 19.1 Å². The summed E-state index contributed by atoms with van der Waals surface area (Å²) in [7, 11) is 1.70. The Kier molecular flexibility index (Phi) is 5.61. The Morgan fingerprint density at radius 2 is 1.94 bits per heavy atom. The number of aromatic nitrogens is 2. The predicted molar refractivity (Wildman–Crippen MR) is 133 cm³/mol. The number of rotatable bonds is 4. The van der Waals surface area contributed by atoms with E-state index in [1.165, 1.54) is 11.1 Å². The summed E-state index contributed by atoms with van der Waals surface area (Å²) < 4.78 is 5.54. The molecule has 2 fully saturated rings. The van der Waals surface area contributed by atoms with Gasteiger partial charge in [0.1, 0.15) is 5.75 Å². The van der Waals surface area contributed by atoms with E-state index >= 15 is 0 Å². The summed E-state index contributed by atoms with van der Waals surface area (Å²) in [5.41, 5.74) is 5.72. The molecule has 4 aliphatic rings. The van der Waals surface area contributed by atoms with Crippen LogP contribution in [0.2, 0.25) is 0 Å². The number of methoxy groups -OCH3 is 1. The lowest BCUT2D eigenvalue weighted by Gasteiger charge is -2.52. The molecule has 1 saturated heterocycles. The molecule has 2 unspecified atom stereocenters. The third-order valence-electron chi connectivity index (χ3n) is 9.27. The fourth-order valence-corrected chi connectivity index (χ4v) is 7.04. The first-order valence-corrected chi connectivity index (χ1v) is 13.3. The molecule has 1 spiro atoms. The number of aromatic amines is 1. The van der Waals surface area contributed by atoms with Crippen LogP contribution in [0.25, 0.3) is 0 Å². The number of benzene rings is 1. The number of fused-ring (bicyclic) bond motifs is 2. The second kappa shape index (κ2) is 8.68. The first-order chi connectivity index (χ1) is 17.0. The first-order valence-electron chi connectivity index (χ1n) is 13.3. The molecule has 2 atom stereocenters. The van der Waals surface area contributed by atoms with Gasteiger partial charge in [-0.05, 0) is 86.3 Å². The Morgan fingerprint density at radius 1 is 1.14 bits per heavy atom. The van der Waals surface area contributed by atoms with E-state index < -0.39 is 0 Å². The normalized spacial score (nSPS) is 25.0. The third-order valence-corrected chi connectivity index (χ3v) is 9.27. The number of likely N-dealkylation sites (tertiary alicyclic amines) is 1. The molecule has 2 amide bonds. The van der Waals surface area contributed by atoms with Gasteiger partial charge in [-0.3, -0.25) is 14.7 Å². The maximum absolute atomic E-state index is 13.1. The number of ether oxygens (including phenoxy) is 1. The van der Waals surface area contributed by atoms with Gasteiger partial charge in [0.15, 0.2) is 5.69 Å². The van der Waals surface area contributed by atoms with Crippen LogP contribution in [0, 0.1) is 11.3 Å². The molecule has 7 heteroatoms. The van der Waals surface area contributed by atoms with E-state index in [4.69, 9.17) is 4.74 Å². The fraction of sp³-hybridized carbons (Fsp3) is 0.607. The van der Waals surface area contributed by atoms with Crippen LogP contribution >= 0.6 is 0 Å². The molecule has 1 aromatic carbocycles. The largest absolute Gasteiger partial charge is 0.496 e.